The van der Waals surface area contributed by atoms with Gasteiger partial charge >= 0.3 is 0 Å². The van der Waals surface area contributed by atoms with Crippen LogP contribution in [0.4, 0.5) is 0 Å². The van der Waals surface area contributed by atoms with E-state index in [1.807, 2.05) is 6.26 Å². The highest BCUT2D eigenvalue weighted by Gasteiger charge is 2.23. The Kier molecular flexibility index (Phi) is 6.78. The highest BCUT2D eigenvalue weighted by molar-refractivity contribution is 7.98. The SMILES string of the molecule is CSc1nnc(CCCNC(=O)c2nc(Cl)ccc2Cl)n1C1CCCC1. The molecular formula is C17H21Cl2N5OS. The molecule has 1 N–H and O–H groups in total. The summed E-state index contributed by atoms with van der Waals surface area (Å²) in [6.45, 7) is 0.509. The number of amides is 1. The monoisotopic (exact) mass is 413 g/mol. The zero-order valence-electron chi connectivity index (χ0n) is 14.5. The van der Waals surface area contributed by atoms with Crippen molar-refractivity contribution in [1.82, 2.24) is 25.1 Å². The van der Waals surface area contributed by atoms with Crippen LogP contribution in [0.5, 0.6) is 0 Å². The predicted molar refractivity (Wildman–Crippen MR) is 104 cm³/mol. The van der Waals surface area contributed by atoms with Crippen LogP contribution in [0.3, 0.4) is 0 Å². The zero-order valence-corrected chi connectivity index (χ0v) is 16.9. The molecule has 1 saturated carbocycles. The first-order valence-electron chi connectivity index (χ1n) is 8.68. The van der Waals surface area contributed by atoms with E-state index in [2.05, 4.69) is 25.1 Å². The Balaban J connectivity index is 1.56. The van der Waals surface area contributed by atoms with Gasteiger partial charge in [0.1, 0.15) is 16.7 Å². The number of nitrogens with zero attached hydrogens (tertiary/aromatic N) is 4. The van der Waals surface area contributed by atoms with Crippen molar-refractivity contribution in [3.63, 3.8) is 0 Å². The van der Waals surface area contributed by atoms with Gasteiger partial charge in [-0.25, -0.2) is 4.98 Å². The van der Waals surface area contributed by atoms with Gasteiger partial charge in [-0.15, -0.1) is 10.2 Å². The van der Waals surface area contributed by atoms with Crippen LogP contribution < -0.4 is 5.32 Å². The van der Waals surface area contributed by atoms with Gasteiger partial charge in [0.25, 0.3) is 5.91 Å². The second-order valence-electron chi connectivity index (χ2n) is 6.24. The molecule has 1 fully saturated rings. The Labute approximate surface area is 167 Å². The van der Waals surface area contributed by atoms with Gasteiger partial charge in [-0.05, 0) is 37.7 Å². The molecule has 26 heavy (non-hydrogen) atoms. The van der Waals surface area contributed by atoms with E-state index >= 15 is 0 Å². The maximum Gasteiger partial charge on any atom is 0.271 e. The summed E-state index contributed by atoms with van der Waals surface area (Å²) in [6, 6.07) is 3.63. The molecule has 9 heteroatoms. The third kappa shape index (κ3) is 4.50. The maximum atomic E-state index is 12.2. The third-order valence-corrected chi connectivity index (χ3v) is 5.66. The van der Waals surface area contributed by atoms with Gasteiger partial charge in [0.2, 0.25) is 0 Å². The number of pyridine rings is 1. The Morgan fingerprint density at radius 1 is 1.31 bits per heavy atom. The molecule has 2 heterocycles. The first-order chi connectivity index (χ1) is 12.6. The van der Waals surface area contributed by atoms with Crippen LogP contribution >= 0.6 is 35.0 Å². The number of hydrogen-bond acceptors (Lipinski definition) is 5. The Morgan fingerprint density at radius 3 is 2.81 bits per heavy atom. The Morgan fingerprint density at radius 2 is 2.08 bits per heavy atom. The number of carbonyl (C=O) groups excluding carboxylic acids is 1. The average Bonchev–Trinajstić information content (AvgIpc) is 3.29. The molecule has 0 aliphatic heterocycles. The second kappa shape index (κ2) is 9.06. The van der Waals surface area contributed by atoms with Gasteiger partial charge in [0.15, 0.2) is 5.16 Å². The van der Waals surface area contributed by atoms with Crippen LogP contribution in [-0.2, 0) is 6.42 Å². The number of hydrogen-bond donors (Lipinski definition) is 1. The largest absolute Gasteiger partial charge is 0.351 e. The summed E-state index contributed by atoms with van der Waals surface area (Å²) in [5, 5.41) is 13.0. The molecule has 1 aliphatic carbocycles. The van der Waals surface area contributed by atoms with Gasteiger partial charge < -0.3 is 9.88 Å². The summed E-state index contributed by atoms with van der Waals surface area (Å²) in [5.74, 6) is 0.675. The van der Waals surface area contributed by atoms with Gasteiger partial charge in [0, 0.05) is 19.0 Å². The minimum Gasteiger partial charge on any atom is -0.351 e. The van der Waals surface area contributed by atoms with Gasteiger partial charge in [0.05, 0.1) is 5.02 Å². The van der Waals surface area contributed by atoms with Crippen LogP contribution in [0.15, 0.2) is 17.3 Å². The van der Waals surface area contributed by atoms with Crippen molar-refractivity contribution >= 4 is 40.9 Å². The number of halogens is 2. The molecule has 0 saturated heterocycles. The number of nitrogens with one attached hydrogen (secondary N) is 1. The van der Waals surface area contributed by atoms with Crippen molar-refractivity contribution in [3.05, 3.63) is 33.8 Å². The normalized spacial score (nSPS) is 14.7. The summed E-state index contributed by atoms with van der Waals surface area (Å²) in [7, 11) is 0. The molecule has 0 aromatic carbocycles. The predicted octanol–water partition coefficient (Wildman–Crippen LogP) is 4.18. The third-order valence-electron chi connectivity index (χ3n) is 4.50. The number of rotatable bonds is 7. The van der Waals surface area contributed by atoms with E-state index in [4.69, 9.17) is 23.2 Å². The lowest BCUT2D eigenvalue weighted by atomic mass is 10.2. The molecule has 0 unspecified atom stereocenters. The fourth-order valence-corrected chi connectivity index (χ4v) is 4.17. The van der Waals surface area contributed by atoms with Crippen LogP contribution in [0.25, 0.3) is 0 Å². The van der Waals surface area contributed by atoms with E-state index in [1.54, 1.807) is 23.9 Å². The fourth-order valence-electron chi connectivity index (χ4n) is 3.26. The van der Waals surface area contributed by atoms with Crippen molar-refractivity contribution in [2.45, 2.75) is 49.7 Å². The summed E-state index contributed by atoms with van der Waals surface area (Å²) in [4.78, 5) is 16.2. The fraction of sp³-hybridized carbons (Fsp3) is 0.529. The molecule has 2 aromatic heterocycles. The van der Waals surface area contributed by atoms with Crippen molar-refractivity contribution in [2.24, 2.45) is 0 Å². The minimum atomic E-state index is -0.320. The lowest BCUT2D eigenvalue weighted by molar-refractivity contribution is 0.0948. The van der Waals surface area contributed by atoms with Crippen LogP contribution in [0.1, 0.15) is 54.5 Å². The smallest absolute Gasteiger partial charge is 0.271 e. The van der Waals surface area contributed by atoms with Gasteiger partial charge in [-0.1, -0.05) is 47.8 Å². The van der Waals surface area contributed by atoms with E-state index in [9.17, 15) is 4.79 Å². The Hall–Kier alpha value is -1.31. The highest BCUT2D eigenvalue weighted by atomic mass is 35.5. The molecule has 0 atom stereocenters. The number of aromatic nitrogens is 4. The van der Waals surface area contributed by atoms with Crippen molar-refractivity contribution < 1.29 is 4.79 Å². The number of aryl methyl sites for hydroxylation is 1. The van der Waals surface area contributed by atoms with E-state index < -0.39 is 0 Å². The van der Waals surface area contributed by atoms with E-state index in [0.29, 0.717) is 12.6 Å². The average molecular weight is 414 g/mol. The van der Waals surface area contributed by atoms with Crippen LogP contribution in [-0.4, -0.2) is 38.5 Å². The molecule has 1 aliphatic rings. The first-order valence-corrected chi connectivity index (χ1v) is 10.7. The second-order valence-corrected chi connectivity index (χ2v) is 7.80. The molecule has 0 radical (unpaired) electrons. The zero-order chi connectivity index (χ0) is 18.5. The van der Waals surface area contributed by atoms with Crippen molar-refractivity contribution in [2.75, 3.05) is 12.8 Å². The van der Waals surface area contributed by atoms with E-state index in [1.165, 1.54) is 25.7 Å². The highest BCUT2D eigenvalue weighted by Crippen LogP contribution is 2.33. The molecule has 6 nitrogen and oxygen atoms in total. The summed E-state index contributed by atoms with van der Waals surface area (Å²) in [5.41, 5.74) is 0.151. The summed E-state index contributed by atoms with van der Waals surface area (Å²) < 4.78 is 2.29. The van der Waals surface area contributed by atoms with E-state index in [-0.39, 0.29) is 21.8 Å². The molecular weight excluding hydrogens is 393 g/mol. The summed E-state index contributed by atoms with van der Waals surface area (Å²) in [6.07, 6.45) is 8.47. The lowest BCUT2D eigenvalue weighted by Gasteiger charge is -2.16. The molecule has 0 spiro atoms. The van der Waals surface area contributed by atoms with Crippen molar-refractivity contribution in [3.8, 4) is 0 Å². The molecule has 1 amide bonds. The first kappa shape index (κ1) is 19.5. The quantitative estimate of drug-likeness (QED) is 0.418. The number of thioether (sulfide) groups is 1. The standard InChI is InChI=1S/C17H21Cl2N5OS/c1-26-17-23-22-14(24(17)11-5-2-3-6-11)7-4-10-20-16(25)15-12(18)8-9-13(19)21-15/h8-9,11H,2-7,10H2,1H3,(H,20,25). The van der Waals surface area contributed by atoms with Crippen molar-refractivity contribution in [1.29, 1.82) is 0 Å². The lowest BCUT2D eigenvalue weighted by Crippen LogP contribution is -2.26. The van der Waals surface area contributed by atoms with E-state index in [0.717, 1.165) is 23.8 Å². The summed E-state index contributed by atoms with van der Waals surface area (Å²) >= 11 is 13.5. The minimum absolute atomic E-state index is 0.151. The molecule has 0 bridgehead atoms. The molecule has 3 rings (SSSR count). The maximum absolute atomic E-state index is 12.2. The van der Waals surface area contributed by atoms with Gasteiger partial charge in [-0.2, -0.15) is 0 Å². The van der Waals surface area contributed by atoms with Crippen LogP contribution in [0.2, 0.25) is 10.2 Å². The molecule has 140 valence electrons. The topological polar surface area (TPSA) is 72.7 Å². The van der Waals surface area contributed by atoms with Crippen LogP contribution in [0, 0.1) is 0 Å². The van der Waals surface area contributed by atoms with Gasteiger partial charge in [-0.3, -0.25) is 4.79 Å². The number of carbonyl (C=O) groups is 1. The Bertz CT molecular complexity index is 777. The molecule has 2 aromatic rings.